The second-order valence-electron chi connectivity index (χ2n) is 14.2. The normalized spacial score (nSPS) is 12.2. The minimum absolute atomic E-state index is 0.144. The number of aliphatic hydroxyl groups is 5. The fourth-order valence-electron chi connectivity index (χ4n) is 5.76. The molecule has 0 amide bonds. The number of carbonyl (C=O) groups excluding carboxylic acids is 1. The summed E-state index contributed by atoms with van der Waals surface area (Å²) in [5.74, 6) is -0.365. The number of ether oxygens (including phenoxy) is 2. The van der Waals surface area contributed by atoms with Gasteiger partial charge in [-0.15, -0.1) is 0 Å². The van der Waals surface area contributed by atoms with E-state index in [4.69, 9.17) is 9.47 Å². The first-order valence-corrected chi connectivity index (χ1v) is 19.2. The van der Waals surface area contributed by atoms with Gasteiger partial charge in [-0.05, 0) is 6.42 Å². The third-order valence-electron chi connectivity index (χ3n) is 9.52. The summed E-state index contributed by atoms with van der Waals surface area (Å²) in [7, 11) is 0. The van der Waals surface area contributed by atoms with Crippen LogP contribution in [-0.2, 0) is 14.3 Å². The summed E-state index contributed by atoms with van der Waals surface area (Å²) >= 11 is 0. The van der Waals surface area contributed by atoms with Crippen LogP contribution in [0.25, 0.3) is 0 Å². The van der Waals surface area contributed by atoms with Gasteiger partial charge < -0.3 is 35.0 Å². The third-order valence-corrected chi connectivity index (χ3v) is 9.52. The number of hydrogen-bond donors (Lipinski definition) is 5. The molecule has 0 aliphatic rings. The van der Waals surface area contributed by atoms with E-state index in [9.17, 15) is 30.3 Å². The summed E-state index contributed by atoms with van der Waals surface area (Å²) in [5.41, 5.74) is -2.40. The highest BCUT2D eigenvalue weighted by molar-refractivity contribution is 5.69. The Labute approximate surface area is 283 Å². The second kappa shape index (κ2) is 32.8. The van der Waals surface area contributed by atoms with E-state index < -0.39 is 43.9 Å². The molecule has 0 radical (unpaired) electrons. The van der Waals surface area contributed by atoms with Crippen LogP contribution in [0.1, 0.15) is 174 Å². The lowest BCUT2D eigenvalue weighted by molar-refractivity contribution is -0.154. The van der Waals surface area contributed by atoms with Crippen molar-refractivity contribution in [1.82, 2.24) is 0 Å². The zero-order chi connectivity index (χ0) is 34.0. The molecule has 0 aliphatic heterocycles. The summed E-state index contributed by atoms with van der Waals surface area (Å²) in [6, 6.07) is 0. The van der Waals surface area contributed by atoms with Crippen molar-refractivity contribution in [1.29, 1.82) is 0 Å². The fourth-order valence-corrected chi connectivity index (χ4v) is 5.76. The lowest BCUT2D eigenvalue weighted by Crippen LogP contribution is -2.44. The van der Waals surface area contributed by atoms with Gasteiger partial charge in [0.25, 0.3) is 0 Å². The van der Waals surface area contributed by atoms with Crippen LogP contribution >= 0.6 is 0 Å². The van der Waals surface area contributed by atoms with Gasteiger partial charge in [0.1, 0.15) is 6.61 Å². The molecule has 0 heterocycles. The van der Waals surface area contributed by atoms with Gasteiger partial charge in [-0.2, -0.15) is 0 Å². The fraction of sp³-hybridized carbons (Fsp3) is 0.974. The van der Waals surface area contributed by atoms with Crippen LogP contribution in [0.5, 0.6) is 0 Å². The van der Waals surface area contributed by atoms with Crippen molar-refractivity contribution >= 4 is 5.97 Å². The molecule has 0 rings (SSSR count). The first kappa shape index (κ1) is 45.2. The Bertz CT molecular complexity index is 628. The molecule has 0 aromatic carbocycles. The average Bonchev–Trinajstić information content (AvgIpc) is 3.08. The summed E-state index contributed by atoms with van der Waals surface area (Å²) < 4.78 is 10.8. The highest BCUT2D eigenvalue weighted by atomic mass is 16.5. The predicted octanol–water partition coefficient (Wildman–Crippen LogP) is 7.64. The van der Waals surface area contributed by atoms with Crippen LogP contribution < -0.4 is 0 Å². The van der Waals surface area contributed by atoms with Crippen LogP contribution in [0.4, 0.5) is 0 Å². The van der Waals surface area contributed by atoms with Gasteiger partial charge in [0.15, 0.2) is 0 Å². The summed E-state index contributed by atoms with van der Waals surface area (Å²) in [4.78, 5) is 12.2. The molecule has 0 aromatic rings. The Morgan fingerprint density at radius 1 is 0.413 bits per heavy atom. The maximum absolute atomic E-state index is 12.2. The maximum atomic E-state index is 12.2. The van der Waals surface area contributed by atoms with Gasteiger partial charge in [0.2, 0.25) is 0 Å². The highest BCUT2D eigenvalue weighted by Crippen LogP contribution is 2.22. The number of rotatable bonds is 37. The van der Waals surface area contributed by atoms with E-state index >= 15 is 0 Å². The molecule has 0 aromatic heterocycles. The van der Waals surface area contributed by atoms with Crippen molar-refractivity contribution in [2.75, 3.05) is 52.9 Å². The zero-order valence-corrected chi connectivity index (χ0v) is 30.0. The minimum Gasteiger partial charge on any atom is -0.465 e. The molecule has 0 unspecified atom stereocenters. The van der Waals surface area contributed by atoms with E-state index in [1.54, 1.807) is 0 Å². The Balaban J connectivity index is 3.55. The van der Waals surface area contributed by atoms with Crippen LogP contribution in [0.3, 0.4) is 0 Å². The number of unbranched alkanes of at least 4 members (excludes halogenated alkanes) is 24. The van der Waals surface area contributed by atoms with Gasteiger partial charge in [-0.3, -0.25) is 4.79 Å². The molecule has 0 bridgehead atoms. The first-order chi connectivity index (χ1) is 22.5. The van der Waals surface area contributed by atoms with Crippen molar-refractivity contribution in [3.63, 3.8) is 0 Å². The SMILES string of the molecule is CCCCCCCCCCCCCCCCCCCCCCCCCCCC(=O)OCC(CO)(CO)COCC(CO)(CO)CO. The second-order valence-corrected chi connectivity index (χ2v) is 14.2. The summed E-state index contributed by atoms with van der Waals surface area (Å²) in [5, 5.41) is 47.8. The van der Waals surface area contributed by atoms with Crippen molar-refractivity contribution < 1.29 is 39.8 Å². The zero-order valence-electron chi connectivity index (χ0n) is 30.0. The van der Waals surface area contributed by atoms with E-state index in [2.05, 4.69) is 6.92 Å². The molecule has 276 valence electrons. The smallest absolute Gasteiger partial charge is 0.305 e. The molecule has 0 aliphatic carbocycles. The van der Waals surface area contributed by atoms with E-state index in [1.165, 1.54) is 141 Å². The lowest BCUT2D eigenvalue weighted by Gasteiger charge is -2.32. The molecule has 8 nitrogen and oxygen atoms in total. The van der Waals surface area contributed by atoms with Crippen molar-refractivity contribution in [3.05, 3.63) is 0 Å². The van der Waals surface area contributed by atoms with Crippen molar-refractivity contribution in [2.45, 2.75) is 174 Å². The van der Waals surface area contributed by atoms with Crippen molar-refractivity contribution in [2.24, 2.45) is 10.8 Å². The lowest BCUT2D eigenvalue weighted by atomic mass is 9.90. The number of aliphatic hydroxyl groups excluding tert-OH is 5. The van der Waals surface area contributed by atoms with E-state index in [1.807, 2.05) is 0 Å². The topological polar surface area (TPSA) is 137 Å². The van der Waals surface area contributed by atoms with E-state index in [-0.39, 0.29) is 25.8 Å². The van der Waals surface area contributed by atoms with Gasteiger partial charge in [0.05, 0.1) is 57.1 Å². The van der Waals surface area contributed by atoms with E-state index in [0.717, 1.165) is 19.3 Å². The molecule has 0 spiro atoms. The number of carbonyl (C=O) groups is 1. The molecular weight excluding hydrogens is 584 g/mol. The Morgan fingerprint density at radius 3 is 1.00 bits per heavy atom. The van der Waals surface area contributed by atoms with Gasteiger partial charge in [-0.1, -0.05) is 161 Å². The minimum atomic E-state index is -1.21. The monoisotopic (exact) mass is 661 g/mol. The van der Waals surface area contributed by atoms with Gasteiger partial charge in [-0.25, -0.2) is 0 Å². The molecule has 0 fully saturated rings. The molecule has 46 heavy (non-hydrogen) atoms. The average molecular weight is 661 g/mol. The Kier molecular flexibility index (Phi) is 32.2. The quantitative estimate of drug-likeness (QED) is 0.0339. The largest absolute Gasteiger partial charge is 0.465 e. The number of hydrogen-bond acceptors (Lipinski definition) is 8. The third kappa shape index (κ3) is 25.3. The molecule has 0 saturated carbocycles. The van der Waals surface area contributed by atoms with Gasteiger partial charge in [0, 0.05) is 6.42 Å². The van der Waals surface area contributed by atoms with Gasteiger partial charge >= 0.3 is 5.97 Å². The predicted molar refractivity (Wildman–Crippen MR) is 188 cm³/mol. The molecule has 0 saturated heterocycles. The molecular formula is C38H76O8. The molecule has 0 atom stereocenters. The van der Waals surface area contributed by atoms with Crippen LogP contribution in [-0.4, -0.2) is 84.4 Å². The standard InChI is InChI=1S/C38H76O8/c1-2-3-4-5-6-7-8-9-10-11-12-13-14-15-16-17-18-19-20-21-22-23-24-25-26-27-36(44)46-35-38(31-42,32-43)34-45-33-37(28-39,29-40)30-41/h39-43H,2-35H2,1H3. The summed E-state index contributed by atoms with van der Waals surface area (Å²) in [6.07, 6.45) is 33.7. The van der Waals surface area contributed by atoms with Crippen LogP contribution in [0, 0.1) is 10.8 Å². The Morgan fingerprint density at radius 2 is 0.696 bits per heavy atom. The van der Waals surface area contributed by atoms with Crippen LogP contribution in [0.2, 0.25) is 0 Å². The Hall–Kier alpha value is -0.770. The molecule has 5 N–H and O–H groups in total. The maximum Gasteiger partial charge on any atom is 0.305 e. The highest BCUT2D eigenvalue weighted by Gasteiger charge is 2.34. The van der Waals surface area contributed by atoms with E-state index in [0.29, 0.717) is 6.42 Å². The molecule has 8 heteroatoms. The summed E-state index contributed by atoms with van der Waals surface area (Å²) in [6.45, 7) is -0.545. The van der Waals surface area contributed by atoms with Crippen molar-refractivity contribution in [3.8, 4) is 0 Å². The first-order valence-electron chi connectivity index (χ1n) is 19.2. The van der Waals surface area contributed by atoms with Crippen LogP contribution in [0.15, 0.2) is 0 Å². The number of esters is 1.